The number of morpholine rings is 1. The van der Waals surface area contributed by atoms with Crippen LogP contribution in [0.25, 0.3) is 0 Å². The number of rotatable bonds is 9. The summed E-state index contributed by atoms with van der Waals surface area (Å²) < 4.78 is 33.8. The Balaban J connectivity index is 1.34. The van der Waals surface area contributed by atoms with E-state index < -0.39 is 17.6 Å². The van der Waals surface area contributed by atoms with Crippen molar-refractivity contribution in [2.75, 3.05) is 52.5 Å². The average molecular weight is 574 g/mol. The number of hydrogen-bond donors (Lipinski definition) is 1. The lowest BCUT2D eigenvalue weighted by molar-refractivity contribution is -0.126. The van der Waals surface area contributed by atoms with Gasteiger partial charge >= 0.3 is 0 Å². The maximum atomic E-state index is 14.2. The van der Waals surface area contributed by atoms with Crippen molar-refractivity contribution >= 4 is 29.1 Å². The van der Waals surface area contributed by atoms with Crippen LogP contribution in [0.15, 0.2) is 66.7 Å². The standard InChI is InChI=1S/C30H31Cl2F2N3O2/c31-24-5-1-20(2-6-24)29(21-3-7-25(32)8-4-21)37-18-23(19-37)28(22-15-26(33)17-27(34)16-22)30(38)35-9-10-36-11-13-39-14-12-36/h1-8,15-17,23,28-29H,9-14,18-19H2,(H,35,38). The van der Waals surface area contributed by atoms with Gasteiger partial charge in [0.2, 0.25) is 5.91 Å². The van der Waals surface area contributed by atoms with Crippen molar-refractivity contribution in [3.63, 3.8) is 0 Å². The van der Waals surface area contributed by atoms with Crippen molar-refractivity contribution in [3.05, 3.63) is 105 Å². The van der Waals surface area contributed by atoms with Crippen molar-refractivity contribution in [3.8, 4) is 0 Å². The van der Waals surface area contributed by atoms with Crippen LogP contribution in [0, 0.1) is 17.6 Å². The zero-order valence-corrected chi connectivity index (χ0v) is 23.0. The topological polar surface area (TPSA) is 44.8 Å². The Bertz CT molecular complexity index is 1200. The van der Waals surface area contributed by atoms with Gasteiger partial charge in [-0.15, -0.1) is 0 Å². The predicted molar refractivity (Wildman–Crippen MR) is 149 cm³/mol. The number of nitrogens with one attached hydrogen (secondary N) is 1. The number of carbonyl (C=O) groups excluding carboxylic acids is 1. The molecule has 5 nitrogen and oxygen atoms in total. The summed E-state index contributed by atoms with van der Waals surface area (Å²) in [5.41, 5.74) is 2.47. The van der Waals surface area contributed by atoms with E-state index in [9.17, 15) is 13.6 Å². The van der Waals surface area contributed by atoms with Gasteiger partial charge in [0.05, 0.1) is 25.2 Å². The fraction of sp³-hybridized carbons (Fsp3) is 0.367. The molecule has 2 aliphatic heterocycles. The number of likely N-dealkylation sites (tertiary alicyclic amines) is 1. The number of hydrogen-bond acceptors (Lipinski definition) is 4. The molecule has 3 aromatic carbocycles. The summed E-state index contributed by atoms with van der Waals surface area (Å²) in [5, 5.41) is 4.32. The highest BCUT2D eigenvalue weighted by molar-refractivity contribution is 6.30. The fourth-order valence-electron chi connectivity index (χ4n) is 5.54. The molecule has 2 aliphatic rings. The van der Waals surface area contributed by atoms with Gasteiger partial charge in [0.1, 0.15) is 11.6 Å². The van der Waals surface area contributed by atoms with Crippen molar-refractivity contribution in [2.24, 2.45) is 5.92 Å². The maximum absolute atomic E-state index is 14.2. The first-order valence-electron chi connectivity index (χ1n) is 13.2. The van der Waals surface area contributed by atoms with Gasteiger partial charge in [-0.2, -0.15) is 0 Å². The minimum atomic E-state index is -0.687. The summed E-state index contributed by atoms with van der Waals surface area (Å²) in [6.45, 7) is 5.32. The number of carbonyl (C=O) groups is 1. The van der Waals surface area contributed by atoms with Gasteiger partial charge < -0.3 is 10.1 Å². The van der Waals surface area contributed by atoms with Crippen LogP contribution in [0.3, 0.4) is 0 Å². The van der Waals surface area contributed by atoms with Gasteiger partial charge in [-0.05, 0) is 53.1 Å². The molecule has 2 fully saturated rings. The SMILES string of the molecule is O=C(NCCN1CCOCC1)C(c1cc(F)cc(F)c1)C1CN(C(c2ccc(Cl)cc2)c2ccc(Cl)cc2)C1. The number of amides is 1. The molecule has 2 heterocycles. The Labute approximate surface area is 237 Å². The summed E-state index contributed by atoms with van der Waals surface area (Å²) >= 11 is 12.3. The van der Waals surface area contributed by atoms with Crippen LogP contribution in [-0.2, 0) is 9.53 Å². The molecule has 0 aliphatic carbocycles. The molecule has 1 atom stereocenters. The maximum Gasteiger partial charge on any atom is 0.227 e. The highest BCUT2D eigenvalue weighted by Gasteiger charge is 2.42. The van der Waals surface area contributed by atoms with E-state index in [-0.39, 0.29) is 17.9 Å². The zero-order valence-electron chi connectivity index (χ0n) is 21.5. The Hall–Kier alpha value is -2.55. The fourth-order valence-corrected chi connectivity index (χ4v) is 5.79. The summed E-state index contributed by atoms with van der Waals surface area (Å²) in [7, 11) is 0. The Morgan fingerprint density at radius 1 is 0.872 bits per heavy atom. The number of nitrogens with zero attached hydrogens (tertiary/aromatic N) is 2. The Morgan fingerprint density at radius 3 is 1.95 bits per heavy atom. The highest BCUT2D eigenvalue weighted by Crippen LogP contribution is 2.40. The Kier molecular flexibility index (Phi) is 9.15. The lowest BCUT2D eigenvalue weighted by atomic mass is 9.78. The predicted octanol–water partition coefficient (Wildman–Crippen LogP) is 5.53. The normalized spacial score (nSPS) is 17.7. The van der Waals surface area contributed by atoms with Gasteiger partial charge in [0.15, 0.2) is 0 Å². The van der Waals surface area contributed by atoms with Gasteiger partial charge in [-0.1, -0.05) is 47.5 Å². The molecule has 0 radical (unpaired) electrons. The van der Waals surface area contributed by atoms with Crippen LogP contribution < -0.4 is 5.32 Å². The molecule has 206 valence electrons. The van der Waals surface area contributed by atoms with Crippen LogP contribution in [0.5, 0.6) is 0 Å². The molecule has 1 amide bonds. The van der Waals surface area contributed by atoms with Gasteiger partial charge in [0, 0.05) is 61.3 Å². The number of benzene rings is 3. The second-order valence-electron chi connectivity index (χ2n) is 10.1. The zero-order chi connectivity index (χ0) is 27.4. The van der Waals surface area contributed by atoms with Crippen molar-refractivity contribution in [1.29, 1.82) is 0 Å². The van der Waals surface area contributed by atoms with Crippen LogP contribution in [0.2, 0.25) is 10.0 Å². The van der Waals surface area contributed by atoms with E-state index in [1.165, 1.54) is 12.1 Å². The lowest BCUT2D eigenvalue weighted by Crippen LogP contribution is -2.54. The molecule has 0 saturated carbocycles. The quantitative estimate of drug-likeness (QED) is 0.366. The van der Waals surface area contributed by atoms with Gasteiger partial charge in [0.25, 0.3) is 0 Å². The lowest BCUT2D eigenvalue weighted by Gasteiger charge is -2.47. The number of ether oxygens (including phenoxy) is 1. The van der Waals surface area contributed by atoms with E-state index in [1.807, 2.05) is 48.5 Å². The van der Waals surface area contributed by atoms with E-state index in [1.54, 1.807) is 0 Å². The summed E-state index contributed by atoms with van der Waals surface area (Å²) in [5.74, 6) is -2.38. The molecule has 1 N–H and O–H groups in total. The Morgan fingerprint density at radius 2 is 1.41 bits per heavy atom. The third-order valence-electron chi connectivity index (χ3n) is 7.50. The minimum absolute atomic E-state index is 0.0786. The molecule has 0 aromatic heterocycles. The first kappa shape index (κ1) is 28.0. The average Bonchev–Trinajstić information content (AvgIpc) is 2.89. The van der Waals surface area contributed by atoms with Crippen molar-refractivity contribution in [2.45, 2.75) is 12.0 Å². The van der Waals surface area contributed by atoms with Crippen LogP contribution in [0.1, 0.15) is 28.7 Å². The van der Waals surface area contributed by atoms with E-state index >= 15 is 0 Å². The molecule has 0 bridgehead atoms. The molecule has 3 aromatic rings. The van der Waals surface area contributed by atoms with Crippen LogP contribution in [-0.4, -0.2) is 68.2 Å². The largest absolute Gasteiger partial charge is 0.379 e. The third-order valence-corrected chi connectivity index (χ3v) is 8.01. The summed E-state index contributed by atoms with van der Waals surface area (Å²) in [6.07, 6.45) is 0. The summed E-state index contributed by atoms with van der Waals surface area (Å²) in [4.78, 5) is 18.0. The molecule has 2 saturated heterocycles. The molecular formula is C30H31Cl2F2N3O2. The van der Waals surface area contributed by atoms with Crippen LogP contribution >= 0.6 is 23.2 Å². The molecule has 9 heteroatoms. The van der Waals surface area contributed by atoms with E-state index in [0.29, 0.717) is 55.0 Å². The van der Waals surface area contributed by atoms with E-state index in [0.717, 1.165) is 30.3 Å². The van der Waals surface area contributed by atoms with Crippen molar-refractivity contribution < 1.29 is 18.3 Å². The molecule has 39 heavy (non-hydrogen) atoms. The van der Waals surface area contributed by atoms with Crippen LogP contribution in [0.4, 0.5) is 8.78 Å². The van der Waals surface area contributed by atoms with Crippen molar-refractivity contribution in [1.82, 2.24) is 15.1 Å². The van der Waals surface area contributed by atoms with Gasteiger partial charge in [-0.25, -0.2) is 8.78 Å². The first-order valence-corrected chi connectivity index (χ1v) is 13.9. The second-order valence-corrected chi connectivity index (χ2v) is 11.0. The minimum Gasteiger partial charge on any atom is -0.379 e. The van der Waals surface area contributed by atoms with Gasteiger partial charge in [-0.3, -0.25) is 14.6 Å². The monoisotopic (exact) mass is 573 g/mol. The molecule has 5 rings (SSSR count). The summed E-state index contributed by atoms with van der Waals surface area (Å²) in [6, 6.07) is 18.7. The molecule has 1 unspecified atom stereocenters. The smallest absolute Gasteiger partial charge is 0.227 e. The third kappa shape index (κ3) is 6.97. The molecular weight excluding hydrogens is 543 g/mol. The van der Waals surface area contributed by atoms with E-state index in [4.69, 9.17) is 27.9 Å². The second kappa shape index (κ2) is 12.7. The first-order chi connectivity index (χ1) is 18.9. The number of halogens is 4. The van der Waals surface area contributed by atoms with E-state index in [2.05, 4.69) is 15.1 Å². The highest BCUT2D eigenvalue weighted by atomic mass is 35.5. The molecule has 0 spiro atoms.